The third-order valence-corrected chi connectivity index (χ3v) is 5.40. The van der Waals surface area contributed by atoms with Gasteiger partial charge in [0, 0.05) is 5.69 Å². The van der Waals surface area contributed by atoms with E-state index in [0.29, 0.717) is 18.8 Å². The summed E-state index contributed by atoms with van der Waals surface area (Å²) in [6.45, 7) is 5.23. The summed E-state index contributed by atoms with van der Waals surface area (Å²) in [5.41, 5.74) is 5.34. The molecule has 2 aromatic carbocycles. The van der Waals surface area contributed by atoms with E-state index in [1.54, 1.807) is 6.07 Å². The lowest BCUT2D eigenvalue weighted by Gasteiger charge is -2.24. The van der Waals surface area contributed by atoms with Crippen molar-refractivity contribution in [2.75, 3.05) is 12.1 Å². The van der Waals surface area contributed by atoms with Crippen LogP contribution in [0, 0.1) is 13.8 Å². The molecule has 0 saturated carbocycles. The molecular formula is C22H21N3O4. The van der Waals surface area contributed by atoms with Gasteiger partial charge in [-0.1, -0.05) is 12.1 Å². The number of hydrogen-bond donors (Lipinski definition) is 1. The molecule has 1 atom stereocenters. The summed E-state index contributed by atoms with van der Waals surface area (Å²) in [7, 11) is 0. The van der Waals surface area contributed by atoms with E-state index >= 15 is 0 Å². The van der Waals surface area contributed by atoms with Crippen molar-refractivity contribution in [2.24, 2.45) is 0 Å². The number of nitrogens with zero attached hydrogens (tertiary/aromatic N) is 2. The van der Waals surface area contributed by atoms with E-state index in [4.69, 9.17) is 14.2 Å². The molecule has 2 aliphatic heterocycles. The van der Waals surface area contributed by atoms with Gasteiger partial charge in [-0.2, -0.15) is 5.10 Å². The number of aromatic nitrogens is 2. The van der Waals surface area contributed by atoms with Crippen molar-refractivity contribution in [3.05, 3.63) is 70.5 Å². The number of carbonyl (C=O) groups is 1. The molecule has 0 bridgehead atoms. The van der Waals surface area contributed by atoms with Crippen molar-refractivity contribution < 1.29 is 19.0 Å². The highest BCUT2D eigenvalue weighted by Crippen LogP contribution is 2.36. The zero-order valence-corrected chi connectivity index (χ0v) is 16.3. The first-order chi connectivity index (χ1) is 14.1. The van der Waals surface area contributed by atoms with Gasteiger partial charge >= 0.3 is 0 Å². The number of hydrogen-bond acceptors (Lipinski definition) is 5. The second-order valence-electron chi connectivity index (χ2n) is 7.37. The van der Waals surface area contributed by atoms with Crippen LogP contribution in [0.2, 0.25) is 0 Å². The molecule has 29 heavy (non-hydrogen) atoms. The molecular weight excluding hydrogens is 370 g/mol. The van der Waals surface area contributed by atoms with Crippen LogP contribution in [-0.2, 0) is 17.9 Å². The molecule has 2 aliphatic rings. The van der Waals surface area contributed by atoms with E-state index in [9.17, 15) is 4.79 Å². The van der Waals surface area contributed by atoms with Crippen molar-refractivity contribution in [1.82, 2.24) is 9.78 Å². The van der Waals surface area contributed by atoms with Gasteiger partial charge in [0.15, 0.2) is 17.2 Å². The normalized spacial score (nSPS) is 17.1. The number of amides is 1. The molecule has 0 radical (unpaired) electrons. The van der Waals surface area contributed by atoms with E-state index in [2.05, 4.69) is 10.4 Å². The summed E-state index contributed by atoms with van der Waals surface area (Å²) in [5, 5.41) is 7.42. The first-order valence-electron chi connectivity index (χ1n) is 9.53. The molecule has 5 rings (SSSR count). The smallest absolute Gasteiger partial charge is 0.276 e. The Morgan fingerprint density at radius 3 is 2.79 bits per heavy atom. The fourth-order valence-electron chi connectivity index (χ4n) is 3.57. The van der Waals surface area contributed by atoms with Gasteiger partial charge in [-0.05, 0) is 60.9 Å². The summed E-state index contributed by atoms with van der Waals surface area (Å²) >= 11 is 0. The van der Waals surface area contributed by atoms with Crippen LogP contribution in [0.4, 0.5) is 5.69 Å². The molecule has 1 amide bonds. The Hall–Kier alpha value is -3.32. The number of benzene rings is 2. The fourth-order valence-corrected chi connectivity index (χ4v) is 3.57. The minimum absolute atomic E-state index is 0.160. The maximum Gasteiger partial charge on any atom is 0.276 e. The number of fused-ring (bicyclic) bond motifs is 2. The summed E-state index contributed by atoms with van der Waals surface area (Å²) in [5.74, 6) is 1.25. The van der Waals surface area contributed by atoms with Crippen LogP contribution >= 0.6 is 0 Å². The molecule has 148 valence electrons. The van der Waals surface area contributed by atoms with Gasteiger partial charge in [-0.25, -0.2) is 0 Å². The SMILES string of the molecule is Cc1ccc(NC(=O)c2cc3n(n2)C[C@H](c2ccc4c(c2)OCO4)OC3)cc1C. The Labute approximate surface area is 168 Å². The molecule has 0 saturated heterocycles. The fraction of sp³-hybridized carbons (Fsp3) is 0.273. The lowest BCUT2D eigenvalue weighted by atomic mass is 10.1. The van der Waals surface area contributed by atoms with E-state index in [-0.39, 0.29) is 18.8 Å². The maximum atomic E-state index is 12.6. The van der Waals surface area contributed by atoms with Crippen molar-refractivity contribution >= 4 is 11.6 Å². The standard InChI is InChI=1S/C22H21N3O4/c1-13-3-5-16(7-14(13)2)23-22(26)18-9-17-11-27-21(10-25(17)24-18)15-4-6-19-20(8-15)29-12-28-19/h3-9,21H,10-12H2,1-2H3,(H,23,26)/t21-/m1/s1. The monoisotopic (exact) mass is 391 g/mol. The van der Waals surface area contributed by atoms with Crippen molar-refractivity contribution in [2.45, 2.75) is 33.1 Å². The van der Waals surface area contributed by atoms with E-state index < -0.39 is 0 Å². The molecule has 3 aromatic rings. The largest absolute Gasteiger partial charge is 0.454 e. The van der Waals surface area contributed by atoms with Gasteiger partial charge < -0.3 is 19.5 Å². The van der Waals surface area contributed by atoms with Crippen LogP contribution in [-0.4, -0.2) is 22.5 Å². The minimum atomic E-state index is -0.227. The van der Waals surface area contributed by atoms with Crippen molar-refractivity contribution in [3.8, 4) is 11.5 Å². The predicted octanol–water partition coefficient (Wildman–Crippen LogP) is 3.75. The first-order valence-corrected chi connectivity index (χ1v) is 9.53. The highest BCUT2D eigenvalue weighted by Gasteiger charge is 2.26. The number of anilines is 1. The van der Waals surface area contributed by atoms with Crippen LogP contribution in [0.15, 0.2) is 42.5 Å². The molecule has 0 unspecified atom stereocenters. The van der Waals surface area contributed by atoms with Crippen LogP contribution in [0.1, 0.15) is 39.0 Å². The number of nitrogens with one attached hydrogen (secondary N) is 1. The second kappa shape index (κ2) is 6.93. The highest BCUT2D eigenvalue weighted by atomic mass is 16.7. The lowest BCUT2D eigenvalue weighted by molar-refractivity contribution is -0.00127. The van der Waals surface area contributed by atoms with Crippen molar-refractivity contribution in [3.63, 3.8) is 0 Å². The average molecular weight is 391 g/mol. The minimum Gasteiger partial charge on any atom is -0.454 e. The predicted molar refractivity (Wildman–Crippen MR) is 106 cm³/mol. The lowest BCUT2D eigenvalue weighted by Crippen LogP contribution is -2.22. The van der Waals surface area contributed by atoms with E-state index in [1.165, 1.54) is 5.56 Å². The molecule has 7 nitrogen and oxygen atoms in total. The van der Waals surface area contributed by atoms with Gasteiger partial charge in [0.25, 0.3) is 5.91 Å². The second-order valence-corrected chi connectivity index (χ2v) is 7.37. The average Bonchev–Trinajstić information content (AvgIpc) is 3.36. The highest BCUT2D eigenvalue weighted by molar-refractivity contribution is 6.03. The zero-order chi connectivity index (χ0) is 20.0. The molecule has 0 spiro atoms. The molecule has 1 aromatic heterocycles. The van der Waals surface area contributed by atoms with Gasteiger partial charge in [-0.3, -0.25) is 9.48 Å². The zero-order valence-electron chi connectivity index (χ0n) is 16.3. The van der Waals surface area contributed by atoms with E-state index in [1.807, 2.05) is 54.9 Å². The van der Waals surface area contributed by atoms with Crippen molar-refractivity contribution in [1.29, 1.82) is 0 Å². The summed E-state index contributed by atoms with van der Waals surface area (Å²) in [6, 6.07) is 13.4. The topological polar surface area (TPSA) is 74.6 Å². The number of rotatable bonds is 3. The van der Waals surface area contributed by atoms with Crippen LogP contribution < -0.4 is 14.8 Å². The molecule has 1 N–H and O–H groups in total. The van der Waals surface area contributed by atoms with Crippen LogP contribution in [0.25, 0.3) is 0 Å². The van der Waals surface area contributed by atoms with Crippen LogP contribution in [0.5, 0.6) is 11.5 Å². The van der Waals surface area contributed by atoms with Gasteiger partial charge in [0.1, 0.15) is 6.10 Å². The quantitative estimate of drug-likeness (QED) is 0.736. The first kappa shape index (κ1) is 17.8. The van der Waals surface area contributed by atoms with Gasteiger partial charge in [0.05, 0.1) is 18.8 Å². The molecule has 3 heterocycles. The summed E-state index contributed by atoms with van der Waals surface area (Å²) in [4.78, 5) is 12.6. The number of aryl methyl sites for hydroxylation is 2. The third-order valence-electron chi connectivity index (χ3n) is 5.40. The molecule has 0 fully saturated rings. The Balaban J connectivity index is 1.32. The Kier molecular flexibility index (Phi) is 4.24. The Morgan fingerprint density at radius 2 is 1.93 bits per heavy atom. The van der Waals surface area contributed by atoms with Crippen LogP contribution in [0.3, 0.4) is 0 Å². The third kappa shape index (κ3) is 3.34. The van der Waals surface area contributed by atoms with Gasteiger partial charge in [-0.15, -0.1) is 0 Å². The van der Waals surface area contributed by atoms with E-state index in [0.717, 1.165) is 34.0 Å². The number of carbonyl (C=O) groups excluding carboxylic acids is 1. The van der Waals surface area contributed by atoms with Gasteiger partial charge in [0.2, 0.25) is 6.79 Å². The maximum absolute atomic E-state index is 12.6. The summed E-state index contributed by atoms with van der Waals surface area (Å²) in [6.07, 6.45) is -0.160. The Morgan fingerprint density at radius 1 is 1.07 bits per heavy atom. The molecule has 7 heteroatoms. The summed E-state index contributed by atoms with van der Waals surface area (Å²) < 4.78 is 18.7. The Bertz CT molecular complexity index is 1110. The number of ether oxygens (including phenoxy) is 3. The molecule has 0 aliphatic carbocycles.